The van der Waals surface area contributed by atoms with Gasteiger partial charge in [-0.1, -0.05) is 31.4 Å². The minimum Gasteiger partial charge on any atom is -0.479 e. The van der Waals surface area contributed by atoms with Gasteiger partial charge in [-0.2, -0.15) is 0 Å². The van der Waals surface area contributed by atoms with E-state index in [0.717, 1.165) is 32.6 Å². The van der Waals surface area contributed by atoms with E-state index in [9.17, 15) is 19.5 Å². The maximum Gasteiger partial charge on any atom is 0.337 e. The molecule has 0 aliphatic heterocycles. The average Bonchev–Trinajstić information content (AvgIpc) is 2.66. The lowest BCUT2D eigenvalue weighted by molar-refractivity contribution is -0.155. The van der Waals surface area contributed by atoms with Gasteiger partial charge in [-0.3, -0.25) is 4.79 Å². The molecule has 8 heteroatoms. The van der Waals surface area contributed by atoms with Gasteiger partial charge in [-0.25, -0.2) is 9.59 Å². The SMILES string of the molecule is CN(C(=O)c1ccccc1NC(=O)NCC(C)(O)C(=O)O)C1CCCCC1. The number of carboxylic acid groups (broad SMARTS) is 1. The van der Waals surface area contributed by atoms with Crippen molar-refractivity contribution in [2.75, 3.05) is 18.9 Å². The van der Waals surface area contributed by atoms with E-state index in [1.807, 2.05) is 0 Å². The molecule has 0 radical (unpaired) electrons. The molecular formula is C19H27N3O5. The van der Waals surface area contributed by atoms with Crippen molar-refractivity contribution >= 4 is 23.6 Å². The Kier molecular flexibility index (Phi) is 6.79. The third-order valence-electron chi connectivity index (χ3n) is 4.90. The average molecular weight is 377 g/mol. The Hall–Kier alpha value is -2.61. The first-order valence-corrected chi connectivity index (χ1v) is 9.09. The van der Waals surface area contributed by atoms with Crippen LogP contribution in [0.1, 0.15) is 49.4 Å². The van der Waals surface area contributed by atoms with Gasteiger partial charge in [0.15, 0.2) is 5.60 Å². The lowest BCUT2D eigenvalue weighted by atomic mass is 9.94. The van der Waals surface area contributed by atoms with Crippen LogP contribution in [0.2, 0.25) is 0 Å². The fourth-order valence-electron chi connectivity index (χ4n) is 3.10. The Balaban J connectivity index is 2.05. The van der Waals surface area contributed by atoms with Gasteiger partial charge in [0.25, 0.3) is 5.91 Å². The third-order valence-corrected chi connectivity index (χ3v) is 4.90. The summed E-state index contributed by atoms with van der Waals surface area (Å²) in [6.07, 6.45) is 5.35. The van der Waals surface area contributed by atoms with Gasteiger partial charge in [0.05, 0.1) is 17.8 Å². The third kappa shape index (κ3) is 5.43. The summed E-state index contributed by atoms with van der Waals surface area (Å²) in [7, 11) is 1.78. The Morgan fingerprint density at radius 2 is 1.81 bits per heavy atom. The van der Waals surface area contributed by atoms with Crippen LogP contribution >= 0.6 is 0 Å². The predicted molar refractivity (Wildman–Crippen MR) is 101 cm³/mol. The quantitative estimate of drug-likeness (QED) is 0.605. The van der Waals surface area contributed by atoms with E-state index in [2.05, 4.69) is 10.6 Å². The normalized spacial score (nSPS) is 16.9. The number of nitrogens with zero attached hydrogens (tertiary/aromatic N) is 1. The van der Waals surface area contributed by atoms with Gasteiger partial charge in [-0.05, 0) is 31.9 Å². The van der Waals surface area contributed by atoms with Crippen molar-refractivity contribution in [3.8, 4) is 0 Å². The van der Waals surface area contributed by atoms with Crippen LogP contribution in [0.3, 0.4) is 0 Å². The molecule has 1 fully saturated rings. The number of carbonyl (C=O) groups excluding carboxylic acids is 2. The molecule has 0 heterocycles. The van der Waals surface area contributed by atoms with Crippen LogP contribution in [0.25, 0.3) is 0 Å². The number of anilines is 1. The summed E-state index contributed by atoms with van der Waals surface area (Å²) in [6, 6.07) is 6.17. The summed E-state index contributed by atoms with van der Waals surface area (Å²) in [5.74, 6) is -1.61. The molecule has 1 aromatic rings. The molecule has 2 rings (SSSR count). The second-order valence-corrected chi connectivity index (χ2v) is 7.14. The molecule has 148 valence electrons. The van der Waals surface area contributed by atoms with Gasteiger partial charge < -0.3 is 25.7 Å². The van der Waals surface area contributed by atoms with E-state index in [4.69, 9.17) is 5.11 Å². The van der Waals surface area contributed by atoms with Crippen molar-refractivity contribution in [2.24, 2.45) is 0 Å². The highest BCUT2D eigenvalue weighted by Gasteiger charge is 2.30. The molecule has 1 aliphatic rings. The Morgan fingerprint density at radius 3 is 2.44 bits per heavy atom. The van der Waals surface area contributed by atoms with Crippen LogP contribution in [0.15, 0.2) is 24.3 Å². The Morgan fingerprint density at radius 1 is 1.19 bits per heavy atom. The minimum absolute atomic E-state index is 0.171. The zero-order chi connectivity index (χ0) is 20.0. The van der Waals surface area contributed by atoms with Crippen LogP contribution in [0, 0.1) is 0 Å². The van der Waals surface area contributed by atoms with Crippen molar-refractivity contribution in [2.45, 2.75) is 50.7 Å². The molecule has 1 saturated carbocycles. The number of benzene rings is 1. The van der Waals surface area contributed by atoms with Gasteiger partial charge in [-0.15, -0.1) is 0 Å². The molecule has 1 aliphatic carbocycles. The molecule has 3 amide bonds. The number of aliphatic carboxylic acids is 1. The largest absolute Gasteiger partial charge is 0.479 e. The minimum atomic E-state index is -2.08. The monoisotopic (exact) mass is 377 g/mol. The van der Waals surface area contributed by atoms with Gasteiger partial charge in [0.2, 0.25) is 0 Å². The van der Waals surface area contributed by atoms with Crippen molar-refractivity contribution < 1.29 is 24.6 Å². The second-order valence-electron chi connectivity index (χ2n) is 7.14. The first-order valence-electron chi connectivity index (χ1n) is 9.09. The highest BCUT2D eigenvalue weighted by atomic mass is 16.4. The maximum atomic E-state index is 12.9. The number of aliphatic hydroxyl groups is 1. The number of para-hydroxylation sites is 1. The van der Waals surface area contributed by atoms with Crippen LogP contribution in [-0.2, 0) is 4.79 Å². The number of rotatable bonds is 6. The summed E-state index contributed by atoms with van der Waals surface area (Å²) in [4.78, 5) is 37.6. The number of hydrogen-bond acceptors (Lipinski definition) is 4. The van der Waals surface area contributed by atoms with Gasteiger partial charge in [0, 0.05) is 13.1 Å². The first kappa shape index (κ1) is 20.7. The number of nitrogens with one attached hydrogen (secondary N) is 2. The summed E-state index contributed by atoms with van der Waals surface area (Å²) < 4.78 is 0. The van der Waals surface area contributed by atoms with Crippen LogP contribution in [-0.4, -0.2) is 58.3 Å². The van der Waals surface area contributed by atoms with Crippen LogP contribution in [0.5, 0.6) is 0 Å². The fraction of sp³-hybridized carbons (Fsp3) is 0.526. The number of hydrogen-bond donors (Lipinski definition) is 4. The Bertz CT molecular complexity index is 698. The first-order chi connectivity index (χ1) is 12.7. The second kappa shape index (κ2) is 8.85. The maximum absolute atomic E-state index is 12.9. The highest BCUT2D eigenvalue weighted by Crippen LogP contribution is 2.25. The number of amides is 3. The van der Waals surface area contributed by atoms with E-state index in [-0.39, 0.29) is 11.9 Å². The molecular weight excluding hydrogens is 350 g/mol. The smallest absolute Gasteiger partial charge is 0.337 e. The predicted octanol–water partition coefficient (Wildman–Crippen LogP) is 2.05. The lowest BCUT2D eigenvalue weighted by Crippen LogP contribution is -2.47. The van der Waals surface area contributed by atoms with Crippen molar-refractivity contribution in [1.29, 1.82) is 0 Å². The molecule has 0 saturated heterocycles. The van der Waals surface area contributed by atoms with Crippen molar-refractivity contribution in [3.63, 3.8) is 0 Å². The van der Waals surface area contributed by atoms with E-state index in [1.54, 1.807) is 36.2 Å². The van der Waals surface area contributed by atoms with Crippen LogP contribution in [0.4, 0.5) is 10.5 Å². The molecule has 0 aromatic heterocycles. The van der Waals surface area contributed by atoms with Gasteiger partial charge in [0.1, 0.15) is 0 Å². The zero-order valence-corrected chi connectivity index (χ0v) is 15.7. The molecule has 27 heavy (non-hydrogen) atoms. The van der Waals surface area contributed by atoms with E-state index >= 15 is 0 Å². The number of carbonyl (C=O) groups is 3. The summed E-state index contributed by atoms with van der Waals surface area (Å²) in [5.41, 5.74) is -1.38. The summed E-state index contributed by atoms with van der Waals surface area (Å²) in [6.45, 7) is 0.623. The van der Waals surface area contributed by atoms with E-state index in [0.29, 0.717) is 11.3 Å². The zero-order valence-electron chi connectivity index (χ0n) is 15.7. The number of carboxylic acids is 1. The molecule has 4 N–H and O–H groups in total. The molecule has 1 aromatic carbocycles. The van der Waals surface area contributed by atoms with E-state index < -0.39 is 24.1 Å². The summed E-state index contributed by atoms with van der Waals surface area (Å²) in [5, 5.41) is 23.4. The molecule has 0 bridgehead atoms. The fourth-order valence-corrected chi connectivity index (χ4v) is 3.10. The topological polar surface area (TPSA) is 119 Å². The van der Waals surface area contributed by atoms with Crippen molar-refractivity contribution in [3.05, 3.63) is 29.8 Å². The molecule has 0 spiro atoms. The van der Waals surface area contributed by atoms with E-state index in [1.165, 1.54) is 6.42 Å². The lowest BCUT2D eigenvalue weighted by Gasteiger charge is -2.31. The van der Waals surface area contributed by atoms with Crippen LogP contribution < -0.4 is 10.6 Å². The molecule has 1 atom stereocenters. The highest BCUT2D eigenvalue weighted by molar-refractivity contribution is 6.03. The Labute approximate surface area is 158 Å². The van der Waals surface area contributed by atoms with Crippen molar-refractivity contribution in [1.82, 2.24) is 10.2 Å². The molecule has 8 nitrogen and oxygen atoms in total. The summed E-state index contributed by atoms with van der Waals surface area (Å²) >= 11 is 0. The number of urea groups is 1. The molecule has 1 unspecified atom stereocenters. The standard InChI is InChI=1S/C19H27N3O5/c1-19(27,17(24)25)12-20-18(26)21-15-11-7-6-10-14(15)16(23)22(2)13-8-4-3-5-9-13/h6-7,10-11,13,27H,3-5,8-9,12H2,1-2H3,(H,24,25)(H2,20,21,26). The van der Waals surface area contributed by atoms with Gasteiger partial charge >= 0.3 is 12.0 Å².